The van der Waals surface area contributed by atoms with Gasteiger partial charge in [0.1, 0.15) is 17.9 Å². The van der Waals surface area contributed by atoms with Crippen LogP contribution in [0.15, 0.2) is 24.3 Å². The van der Waals surface area contributed by atoms with E-state index in [1.165, 1.54) is 19.2 Å². The number of likely N-dealkylation sites (tertiary alicyclic amines) is 1. The molecule has 8 nitrogen and oxygen atoms in total. The van der Waals surface area contributed by atoms with Crippen molar-refractivity contribution < 1.29 is 28.6 Å². The molecule has 0 aliphatic carbocycles. The van der Waals surface area contributed by atoms with Crippen molar-refractivity contribution in [1.82, 2.24) is 14.7 Å². The molecule has 0 radical (unpaired) electrons. The molecule has 28 heavy (non-hydrogen) atoms. The van der Waals surface area contributed by atoms with E-state index in [4.69, 9.17) is 0 Å². The summed E-state index contributed by atoms with van der Waals surface area (Å²) < 4.78 is 17.7. The van der Waals surface area contributed by atoms with Crippen molar-refractivity contribution in [3.63, 3.8) is 0 Å². The Morgan fingerprint density at radius 1 is 1.29 bits per heavy atom. The van der Waals surface area contributed by atoms with Gasteiger partial charge in [-0.2, -0.15) is 0 Å². The van der Waals surface area contributed by atoms with Crippen molar-refractivity contribution in [2.24, 2.45) is 0 Å². The Hall–Kier alpha value is -2.36. The minimum absolute atomic E-state index is 0.240. The topological polar surface area (TPSA) is 90.4 Å². The molecule has 3 heterocycles. The number of benzene rings is 1. The third-order valence-corrected chi connectivity index (χ3v) is 5.83. The van der Waals surface area contributed by atoms with Crippen LogP contribution in [0, 0.1) is 5.82 Å². The first-order valence-corrected chi connectivity index (χ1v) is 9.18. The van der Waals surface area contributed by atoms with E-state index in [-0.39, 0.29) is 18.8 Å². The smallest absolute Gasteiger partial charge is 0.325 e. The van der Waals surface area contributed by atoms with E-state index in [0.717, 1.165) is 10.5 Å². The molecule has 0 aromatic heterocycles. The monoisotopic (exact) mass is 391 g/mol. The fourth-order valence-electron chi connectivity index (χ4n) is 4.49. The van der Waals surface area contributed by atoms with Crippen molar-refractivity contribution in [2.75, 3.05) is 33.3 Å². The van der Waals surface area contributed by atoms with Crippen molar-refractivity contribution in [1.29, 1.82) is 0 Å². The van der Waals surface area contributed by atoms with E-state index in [2.05, 4.69) is 4.74 Å². The molecule has 9 heteroatoms. The molecule has 1 aromatic rings. The van der Waals surface area contributed by atoms with Crippen LogP contribution in [0.2, 0.25) is 0 Å². The van der Waals surface area contributed by atoms with Crippen molar-refractivity contribution >= 4 is 17.8 Å². The lowest BCUT2D eigenvalue weighted by Crippen LogP contribution is -2.81. The molecule has 150 valence electrons. The van der Waals surface area contributed by atoms with Gasteiger partial charge in [-0.1, -0.05) is 12.1 Å². The lowest BCUT2D eigenvalue weighted by Gasteiger charge is -2.58. The van der Waals surface area contributed by atoms with Crippen molar-refractivity contribution in [2.45, 2.75) is 30.7 Å². The maximum Gasteiger partial charge on any atom is 0.325 e. The van der Waals surface area contributed by atoms with Crippen LogP contribution < -0.4 is 0 Å². The Morgan fingerprint density at radius 2 is 1.96 bits per heavy atom. The number of aliphatic hydroxyl groups is 1. The quantitative estimate of drug-likeness (QED) is 0.539. The van der Waals surface area contributed by atoms with Crippen LogP contribution in [-0.2, 0) is 25.7 Å². The maximum absolute atomic E-state index is 13.2. The average molecular weight is 391 g/mol. The second-order valence-corrected chi connectivity index (χ2v) is 7.67. The summed E-state index contributed by atoms with van der Waals surface area (Å²) in [7, 11) is 1.20. The van der Waals surface area contributed by atoms with Gasteiger partial charge in [-0.25, -0.2) is 4.39 Å². The molecule has 1 N–H and O–H groups in total. The van der Waals surface area contributed by atoms with Gasteiger partial charge in [-0.3, -0.25) is 29.1 Å². The predicted molar refractivity (Wildman–Crippen MR) is 94.3 cm³/mol. The van der Waals surface area contributed by atoms with Gasteiger partial charge >= 0.3 is 5.97 Å². The van der Waals surface area contributed by atoms with Crippen molar-refractivity contribution in [3.05, 3.63) is 35.6 Å². The number of halogens is 1. The number of imide groups is 1. The zero-order chi connectivity index (χ0) is 20.1. The first-order valence-electron chi connectivity index (χ1n) is 9.18. The summed E-state index contributed by atoms with van der Waals surface area (Å²) in [6.07, 6.45) is -0.452. The number of nitrogens with zero attached hydrogens (tertiary/aromatic N) is 3. The number of piperazine rings is 1. The summed E-state index contributed by atoms with van der Waals surface area (Å²) >= 11 is 0. The zero-order valence-electron chi connectivity index (χ0n) is 15.5. The Bertz CT molecular complexity index is 808. The van der Waals surface area contributed by atoms with Crippen LogP contribution >= 0.6 is 0 Å². The maximum atomic E-state index is 13.2. The van der Waals surface area contributed by atoms with Crippen LogP contribution in [0.4, 0.5) is 4.39 Å². The van der Waals surface area contributed by atoms with Crippen LogP contribution in [0.5, 0.6) is 0 Å². The first kappa shape index (κ1) is 19.0. The van der Waals surface area contributed by atoms with Gasteiger partial charge in [-0.05, 0) is 24.1 Å². The number of methoxy groups -OCH3 is 1. The number of β-amino-alcohol motifs (C(OH)–C–C–N with tert-alkyl or cyclic N) is 1. The number of hydrogen-bond acceptors (Lipinski definition) is 7. The number of carbonyl (C=O) groups excluding carboxylic acids is 3. The molecule has 4 rings (SSSR count). The molecule has 2 unspecified atom stereocenters. The summed E-state index contributed by atoms with van der Waals surface area (Å²) in [6, 6.07) is 5.54. The molecule has 0 bridgehead atoms. The molecule has 3 aliphatic rings. The lowest BCUT2D eigenvalue weighted by molar-refractivity contribution is -0.183. The van der Waals surface area contributed by atoms with Gasteiger partial charge < -0.3 is 9.84 Å². The third-order valence-electron chi connectivity index (χ3n) is 5.83. The molecule has 2 atom stereocenters. The highest BCUT2D eigenvalue weighted by Crippen LogP contribution is 2.40. The highest BCUT2D eigenvalue weighted by molar-refractivity contribution is 6.07. The van der Waals surface area contributed by atoms with Crippen LogP contribution in [-0.4, -0.2) is 88.6 Å². The zero-order valence-corrected chi connectivity index (χ0v) is 15.5. The number of esters is 1. The van der Waals surface area contributed by atoms with Crippen LogP contribution in [0.3, 0.4) is 0 Å². The molecule has 1 aromatic carbocycles. The standard InChI is InChI=1S/C19H22FN3O5/c1-28-16(25)9-22-17(26)15-6-14(24)8-23(15)19(18(22)27)10-21(11-19)7-12-2-4-13(20)5-3-12/h2-5,14-15,24H,6-11H2,1H3. The molecule has 3 fully saturated rings. The molecule has 3 aliphatic heterocycles. The van der Waals surface area contributed by atoms with Crippen LogP contribution in [0.25, 0.3) is 0 Å². The van der Waals surface area contributed by atoms with E-state index in [0.29, 0.717) is 19.6 Å². The Balaban J connectivity index is 1.54. The number of hydrogen-bond donors (Lipinski definition) is 1. The second kappa shape index (κ2) is 6.91. The third kappa shape index (κ3) is 2.99. The van der Waals surface area contributed by atoms with E-state index in [9.17, 15) is 23.9 Å². The SMILES string of the molecule is COC(=O)CN1C(=O)C2CC(O)CN2C2(CN(Cc3ccc(F)cc3)C2)C1=O. The van der Waals surface area contributed by atoms with E-state index >= 15 is 0 Å². The molecule has 1 spiro atoms. The number of aliphatic hydroxyl groups excluding tert-OH is 1. The largest absolute Gasteiger partial charge is 0.468 e. The number of fused-ring (bicyclic) bond motifs is 2. The lowest BCUT2D eigenvalue weighted by atomic mass is 9.82. The highest BCUT2D eigenvalue weighted by Gasteiger charge is 2.64. The summed E-state index contributed by atoms with van der Waals surface area (Å²) in [4.78, 5) is 42.4. The van der Waals surface area contributed by atoms with Gasteiger partial charge in [0.2, 0.25) is 5.91 Å². The minimum Gasteiger partial charge on any atom is -0.468 e. The van der Waals surface area contributed by atoms with Crippen LogP contribution in [0.1, 0.15) is 12.0 Å². The Labute approximate surface area is 161 Å². The summed E-state index contributed by atoms with van der Waals surface area (Å²) in [5.41, 5.74) is -0.0237. The normalized spacial score (nSPS) is 27.0. The summed E-state index contributed by atoms with van der Waals surface area (Å²) in [6.45, 7) is 1.11. The summed E-state index contributed by atoms with van der Waals surface area (Å²) in [5, 5.41) is 10.1. The minimum atomic E-state index is -0.940. The average Bonchev–Trinajstić information content (AvgIpc) is 3.04. The number of amides is 2. The Kier molecular flexibility index (Phi) is 4.68. The van der Waals surface area contributed by atoms with Crippen molar-refractivity contribution in [3.8, 4) is 0 Å². The van der Waals surface area contributed by atoms with Gasteiger partial charge in [0.25, 0.3) is 5.91 Å². The van der Waals surface area contributed by atoms with E-state index < -0.39 is 42.0 Å². The van der Waals surface area contributed by atoms with Gasteiger partial charge in [-0.15, -0.1) is 0 Å². The van der Waals surface area contributed by atoms with E-state index in [1.807, 2.05) is 4.90 Å². The van der Waals surface area contributed by atoms with Gasteiger partial charge in [0, 0.05) is 26.2 Å². The highest BCUT2D eigenvalue weighted by atomic mass is 19.1. The molecule has 2 amide bonds. The fourth-order valence-corrected chi connectivity index (χ4v) is 4.49. The predicted octanol–water partition coefficient (Wildman–Crippen LogP) is -0.643. The number of rotatable bonds is 4. The fraction of sp³-hybridized carbons (Fsp3) is 0.526. The number of carbonyl (C=O) groups is 3. The molecular formula is C19H22FN3O5. The molecule has 0 saturated carbocycles. The summed E-state index contributed by atoms with van der Waals surface area (Å²) in [5.74, 6) is -1.86. The molecule has 3 saturated heterocycles. The van der Waals surface area contributed by atoms with E-state index in [1.54, 1.807) is 17.0 Å². The van der Waals surface area contributed by atoms with Gasteiger partial charge in [0.05, 0.1) is 19.3 Å². The Morgan fingerprint density at radius 3 is 2.61 bits per heavy atom. The van der Waals surface area contributed by atoms with Gasteiger partial charge in [0.15, 0.2) is 0 Å². The molecular weight excluding hydrogens is 369 g/mol. The first-order chi connectivity index (χ1) is 13.3. The second-order valence-electron chi connectivity index (χ2n) is 7.67. The number of ether oxygens (including phenoxy) is 1.